The first-order valence-corrected chi connectivity index (χ1v) is 7.76. The average molecular weight is 324 g/mol. The minimum Gasteiger partial charge on any atom is -0.496 e. The highest BCUT2D eigenvalue weighted by Crippen LogP contribution is 2.24. The van der Waals surface area contributed by atoms with Gasteiger partial charge in [0, 0.05) is 17.0 Å². The molecular formula is C18H20N4O2. The van der Waals surface area contributed by atoms with E-state index in [1.165, 1.54) is 0 Å². The first-order chi connectivity index (χ1) is 11.5. The molecule has 0 aliphatic carbocycles. The van der Waals surface area contributed by atoms with Gasteiger partial charge in [0.1, 0.15) is 12.1 Å². The molecule has 3 aromatic rings. The number of aryl methyl sites for hydroxylation is 2. The van der Waals surface area contributed by atoms with E-state index in [2.05, 4.69) is 15.3 Å². The third-order valence-electron chi connectivity index (χ3n) is 3.99. The zero-order valence-electron chi connectivity index (χ0n) is 14.2. The van der Waals surface area contributed by atoms with E-state index >= 15 is 0 Å². The van der Waals surface area contributed by atoms with Crippen molar-refractivity contribution in [3.8, 4) is 5.75 Å². The van der Waals surface area contributed by atoms with Crippen LogP contribution in [0, 0.1) is 13.8 Å². The fourth-order valence-corrected chi connectivity index (χ4v) is 2.81. The van der Waals surface area contributed by atoms with Crippen molar-refractivity contribution in [1.82, 2.24) is 19.7 Å². The van der Waals surface area contributed by atoms with Crippen LogP contribution in [-0.2, 0) is 0 Å². The van der Waals surface area contributed by atoms with Gasteiger partial charge in [-0.1, -0.05) is 18.2 Å². The quantitative estimate of drug-likeness (QED) is 0.801. The van der Waals surface area contributed by atoms with Gasteiger partial charge in [-0.3, -0.25) is 9.20 Å². The van der Waals surface area contributed by atoms with Crippen molar-refractivity contribution in [3.05, 3.63) is 59.3 Å². The first-order valence-electron chi connectivity index (χ1n) is 7.76. The number of fused-ring (bicyclic) bond motifs is 1. The van der Waals surface area contributed by atoms with Crippen molar-refractivity contribution in [2.75, 3.05) is 7.11 Å². The summed E-state index contributed by atoms with van der Waals surface area (Å²) >= 11 is 0. The zero-order valence-corrected chi connectivity index (χ0v) is 14.2. The highest BCUT2D eigenvalue weighted by molar-refractivity contribution is 5.98. The number of carbonyl (C=O) groups excluding carboxylic acids is 1. The van der Waals surface area contributed by atoms with Gasteiger partial charge >= 0.3 is 0 Å². The summed E-state index contributed by atoms with van der Waals surface area (Å²) in [5.41, 5.74) is 3.65. The standard InChI is InChI=1S/C18H20N4O2/c1-11-9-12(2)22-10-19-16(17(22)20-11)18(23)21-13(3)14-7-5-6-8-15(14)24-4/h5-10,13H,1-4H3,(H,21,23). The van der Waals surface area contributed by atoms with Gasteiger partial charge in [-0.15, -0.1) is 0 Å². The lowest BCUT2D eigenvalue weighted by atomic mass is 10.1. The number of para-hydroxylation sites is 1. The number of ether oxygens (including phenoxy) is 1. The molecule has 0 aliphatic rings. The Bertz CT molecular complexity index is 901. The van der Waals surface area contributed by atoms with Gasteiger partial charge in [0.25, 0.3) is 5.91 Å². The van der Waals surface area contributed by atoms with Crippen molar-refractivity contribution in [2.24, 2.45) is 0 Å². The molecule has 0 saturated carbocycles. The molecule has 6 nitrogen and oxygen atoms in total. The molecule has 24 heavy (non-hydrogen) atoms. The molecule has 0 bridgehead atoms. The van der Waals surface area contributed by atoms with Crippen LogP contribution in [0.5, 0.6) is 5.75 Å². The Balaban J connectivity index is 1.90. The molecule has 3 rings (SSSR count). The van der Waals surface area contributed by atoms with Crippen LogP contribution >= 0.6 is 0 Å². The van der Waals surface area contributed by atoms with E-state index in [1.807, 2.05) is 55.5 Å². The van der Waals surface area contributed by atoms with Crippen molar-refractivity contribution in [2.45, 2.75) is 26.8 Å². The molecule has 6 heteroatoms. The summed E-state index contributed by atoms with van der Waals surface area (Å²) in [4.78, 5) is 21.3. The molecule has 0 saturated heterocycles. The number of benzene rings is 1. The number of rotatable bonds is 4. The summed E-state index contributed by atoms with van der Waals surface area (Å²) in [5.74, 6) is 0.484. The Morgan fingerprint density at radius 1 is 1.29 bits per heavy atom. The van der Waals surface area contributed by atoms with E-state index in [1.54, 1.807) is 13.4 Å². The van der Waals surface area contributed by atoms with Crippen molar-refractivity contribution < 1.29 is 9.53 Å². The Morgan fingerprint density at radius 2 is 2.04 bits per heavy atom. The molecule has 1 atom stereocenters. The normalized spacial score (nSPS) is 12.2. The lowest BCUT2D eigenvalue weighted by Crippen LogP contribution is -2.27. The van der Waals surface area contributed by atoms with Crippen LogP contribution in [0.1, 0.15) is 40.4 Å². The number of hydrogen-bond donors (Lipinski definition) is 1. The Kier molecular flexibility index (Phi) is 4.20. The van der Waals surface area contributed by atoms with Gasteiger partial charge < -0.3 is 10.1 Å². The molecule has 1 N–H and O–H groups in total. The van der Waals surface area contributed by atoms with E-state index < -0.39 is 0 Å². The minimum absolute atomic E-state index is 0.212. The van der Waals surface area contributed by atoms with Crippen molar-refractivity contribution in [1.29, 1.82) is 0 Å². The number of nitrogens with zero attached hydrogens (tertiary/aromatic N) is 3. The molecule has 1 unspecified atom stereocenters. The lowest BCUT2D eigenvalue weighted by Gasteiger charge is -2.16. The molecule has 0 spiro atoms. The molecule has 2 heterocycles. The van der Waals surface area contributed by atoms with Crippen molar-refractivity contribution >= 4 is 11.6 Å². The molecule has 124 valence electrons. The molecule has 0 aliphatic heterocycles. The average Bonchev–Trinajstić information content (AvgIpc) is 2.98. The number of carbonyl (C=O) groups is 1. The predicted molar refractivity (Wildman–Crippen MR) is 91.3 cm³/mol. The second-order valence-electron chi connectivity index (χ2n) is 5.76. The summed E-state index contributed by atoms with van der Waals surface area (Å²) in [6.45, 7) is 5.78. The number of hydrogen-bond acceptors (Lipinski definition) is 4. The van der Waals surface area contributed by atoms with Crippen LogP contribution < -0.4 is 10.1 Å². The minimum atomic E-state index is -0.256. The Morgan fingerprint density at radius 3 is 2.79 bits per heavy atom. The molecule has 1 amide bonds. The zero-order chi connectivity index (χ0) is 17.3. The monoisotopic (exact) mass is 324 g/mol. The fourth-order valence-electron chi connectivity index (χ4n) is 2.81. The second-order valence-corrected chi connectivity index (χ2v) is 5.76. The lowest BCUT2D eigenvalue weighted by molar-refractivity contribution is 0.0936. The van der Waals surface area contributed by atoms with Crippen LogP contribution in [0.2, 0.25) is 0 Å². The Labute approximate surface area is 140 Å². The highest BCUT2D eigenvalue weighted by Gasteiger charge is 2.19. The van der Waals surface area contributed by atoms with E-state index in [0.717, 1.165) is 22.7 Å². The summed E-state index contributed by atoms with van der Waals surface area (Å²) in [6, 6.07) is 9.36. The molecule has 1 aromatic carbocycles. The Hall–Kier alpha value is -2.89. The SMILES string of the molecule is COc1ccccc1C(C)NC(=O)c1ncn2c(C)cc(C)nc12. The maximum atomic E-state index is 12.7. The topological polar surface area (TPSA) is 68.5 Å². The number of methoxy groups -OCH3 is 1. The van der Waals surface area contributed by atoms with E-state index in [0.29, 0.717) is 11.3 Å². The number of amides is 1. The predicted octanol–water partition coefficient (Wildman–Crippen LogP) is 2.85. The van der Waals surface area contributed by atoms with Crippen LogP contribution in [0.4, 0.5) is 0 Å². The summed E-state index contributed by atoms with van der Waals surface area (Å²) < 4.78 is 7.17. The third kappa shape index (κ3) is 2.82. The van der Waals surface area contributed by atoms with Gasteiger partial charge in [0.15, 0.2) is 11.3 Å². The van der Waals surface area contributed by atoms with Crippen LogP contribution in [-0.4, -0.2) is 27.4 Å². The first kappa shape index (κ1) is 16.0. The number of nitrogens with one attached hydrogen (secondary N) is 1. The number of imidazole rings is 1. The second kappa shape index (κ2) is 6.31. The smallest absolute Gasteiger partial charge is 0.274 e. The maximum Gasteiger partial charge on any atom is 0.274 e. The van der Waals surface area contributed by atoms with E-state index in [9.17, 15) is 4.79 Å². The maximum absolute atomic E-state index is 12.7. The third-order valence-corrected chi connectivity index (χ3v) is 3.99. The van der Waals surface area contributed by atoms with Crippen LogP contribution in [0.25, 0.3) is 5.65 Å². The van der Waals surface area contributed by atoms with Gasteiger partial charge in [-0.05, 0) is 32.9 Å². The number of aromatic nitrogens is 3. The molecule has 2 aromatic heterocycles. The van der Waals surface area contributed by atoms with Crippen molar-refractivity contribution in [3.63, 3.8) is 0 Å². The largest absolute Gasteiger partial charge is 0.496 e. The van der Waals surface area contributed by atoms with Gasteiger partial charge in [-0.2, -0.15) is 0 Å². The van der Waals surface area contributed by atoms with Gasteiger partial charge in [0.2, 0.25) is 0 Å². The van der Waals surface area contributed by atoms with E-state index in [-0.39, 0.29) is 11.9 Å². The molecule has 0 radical (unpaired) electrons. The van der Waals surface area contributed by atoms with Gasteiger partial charge in [-0.25, -0.2) is 9.97 Å². The summed E-state index contributed by atoms with van der Waals surface area (Å²) in [6.07, 6.45) is 1.62. The van der Waals surface area contributed by atoms with Crippen LogP contribution in [0.3, 0.4) is 0 Å². The fraction of sp³-hybridized carbons (Fsp3) is 0.278. The van der Waals surface area contributed by atoms with E-state index in [4.69, 9.17) is 4.74 Å². The summed E-state index contributed by atoms with van der Waals surface area (Å²) in [7, 11) is 1.62. The highest BCUT2D eigenvalue weighted by atomic mass is 16.5. The van der Waals surface area contributed by atoms with Gasteiger partial charge in [0.05, 0.1) is 13.2 Å². The molecule has 0 fully saturated rings. The molecular weight excluding hydrogens is 304 g/mol. The van der Waals surface area contributed by atoms with Crippen LogP contribution in [0.15, 0.2) is 36.7 Å². The summed E-state index contributed by atoms with van der Waals surface area (Å²) in [5, 5.41) is 2.97.